The summed E-state index contributed by atoms with van der Waals surface area (Å²) < 4.78 is 5.11. The van der Waals surface area contributed by atoms with Crippen molar-refractivity contribution in [2.75, 3.05) is 6.67 Å². The maximum Gasteiger partial charge on any atom is 0.0915 e. The molecule has 4 heteroatoms. The molecule has 56 heavy (non-hydrogen) atoms. The molecular formula is C52H44N4. The molecule has 4 nitrogen and oxygen atoms in total. The van der Waals surface area contributed by atoms with Crippen LogP contribution < -0.4 is 10.6 Å². The fourth-order valence-corrected chi connectivity index (χ4v) is 9.74. The predicted octanol–water partition coefficient (Wildman–Crippen LogP) is 11.7. The third-order valence-electron chi connectivity index (χ3n) is 12.4. The van der Waals surface area contributed by atoms with Gasteiger partial charge in [0.25, 0.3) is 0 Å². The number of fused-ring (bicyclic) bond motifs is 6. The Morgan fingerprint density at radius 2 is 1.12 bits per heavy atom. The number of nitrogens with one attached hydrogen (secondary N) is 2. The van der Waals surface area contributed by atoms with Crippen LogP contribution in [-0.4, -0.2) is 15.8 Å². The number of benzene rings is 5. The third kappa shape index (κ3) is 5.31. The minimum atomic E-state index is -0.617. The van der Waals surface area contributed by atoms with Crippen molar-refractivity contribution in [2.24, 2.45) is 0 Å². The van der Waals surface area contributed by atoms with Gasteiger partial charge >= 0.3 is 0 Å². The van der Waals surface area contributed by atoms with E-state index in [1.165, 1.54) is 83.5 Å². The second-order valence-electron chi connectivity index (χ2n) is 15.5. The van der Waals surface area contributed by atoms with Crippen LogP contribution >= 0.6 is 0 Å². The van der Waals surface area contributed by atoms with E-state index >= 15 is 0 Å². The molecular weight excluding hydrogens is 681 g/mol. The van der Waals surface area contributed by atoms with E-state index in [1.807, 2.05) is 0 Å². The van der Waals surface area contributed by atoms with Gasteiger partial charge in [-0.2, -0.15) is 0 Å². The monoisotopic (exact) mass is 724 g/mol. The normalized spacial score (nSPS) is 18.7. The summed E-state index contributed by atoms with van der Waals surface area (Å²) in [4.78, 5) is 0. The van der Waals surface area contributed by atoms with Crippen molar-refractivity contribution in [3.8, 4) is 11.4 Å². The van der Waals surface area contributed by atoms with E-state index in [0.29, 0.717) is 6.67 Å². The molecule has 0 radical (unpaired) electrons. The lowest BCUT2D eigenvalue weighted by Crippen LogP contribution is -2.50. The van der Waals surface area contributed by atoms with Crippen LogP contribution in [0.1, 0.15) is 70.5 Å². The van der Waals surface area contributed by atoms with Crippen LogP contribution in [0.5, 0.6) is 0 Å². The van der Waals surface area contributed by atoms with Crippen molar-refractivity contribution >= 4 is 45.2 Å². The van der Waals surface area contributed by atoms with Gasteiger partial charge in [-0.05, 0) is 103 Å². The largest absolute Gasteiger partial charge is 0.372 e. The van der Waals surface area contributed by atoms with Crippen molar-refractivity contribution in [3.63, 3.8) is 0 Å². The topological polar surface area (TPSA) is 33.9 Å². The van der Waals surface area contributed by atoms with Gasteiger partial charge in [0.15, 0.2) is 0 Å². The number of allylic oxidation sites excluding steroid dienone is 6. The Morgan fingerprint density at radius 1 is 0.536 bits per heavy atom. The molecule has 0 fully saturated rings. The second-order valence-corrected chi connectivity index (χ2v) is 15.5. The fourth-order valence-electron chi connectivity index (χ4n) is 9.74. The van der Waals surface area contributed by atoms with Gasteiger partial charge in [-0.25, -0.2) is 0 Å². The molecule has 5 aromatic carbocycles. The highest BCUT2D eigenvalue weighted by Crippen LogP contribution is 2.42. The summed E-state index contributed by atoms with van der Waals surface area (Å²) in [7, 11) is 0. The van der Waals surface area contributed by atoms with Crippen LogP contribution in [0.4, 0.5) is 0 Å². The molecule has 1 unspecified atom stereocenters. The van der Waals surface area contributed by atoms with Crippen LogP contribution in [0.2, 0.25) is 0 Å². The van der Waals surface area contributed by atoms with Gasteiger partial charge in [-0.1, -0.05) is 134 Å². The number of rotatable bonds is 6. The van der Waals surface area contributed by atoms with Crippen LogP contribution in [-0.2, 0) is 18.4 Å². The fraction of sp³-hybridized carbons (Fsp3) is 0.154. The maximum atomic E-state index is 4.03. The quantitative estimate of drug-likeness (QED) is 0.179. The Balaban J connectivity index is 1.18. The lowest BCUT2D eigenvalue weighted by molar-refractivity contribution is 0.459. The van der Waals surface area contributed by atoms with Crippen LogP contribution in [0.15, 0.2) is 158 Å². The zero-order valence-corrected chi connectivity index (χ0v) is 31.5. The van der Waals surface area contributed by atoms with Gasteiger partial charge in [0.1, 0.15) is 0 Å². The Morgan fingerprint density at radius 3 is 1.75 bits per heavy atom. The Labute approximate surface area is 328 Å². The van der Waals surface area contributed by atoms with E-state index in [2.05, 4.69) is 190 Å². The molecule has 1 aliphatic heterocycles. The first-order valence-corrected chi connectivity index (χ1v) is 20.2. The summed E-state index contributed by atoms with van der Waals surface area (Å²) >= 11 is 0. The van der Waals surface area contributed by atoms with Crippen LogP contribution in [0, 0.1) is 0 Å². The number of nitrogens with zero attached hydrogens (tertiary/aromatic N) is 2. The minimum absolute atomic E-state index is 0.617. The number of hydrogen-bond donors (Lipinski definition) is 2. The number of hydrogen-bond acceptors (Lipinski definition) is 2. The highest BCUT2D eigenvalue weighted by atomic mass is 15.1. The molecule has 272 valence electrons. The van der Waals surface area contributed by atoms with E-state index in [1.54, 1.807) is 0 Å². The standard InChI is InChI=1S/C52H44N4/c1-3-15-36(16-4-1)37-27-29-38(30-28-37)47-34-52(54-35-53-47,39-17-5-2-6-18-39)40-31-41(55-48-23-11-7-19-43(48)44-20-8-12-24-49(44)55)33-42(32-40)56-50-25-13-9-21-45(50)46-22-10-14-26-51(46)56/h1-3,5-11,13,15,17-23,25,27-34,53-54H,4,12,14,16,24,26,35H2. The molecule has 7 aromatic rings. The van der Waals surface area contributed by atoms with E-state index in [0.717, 1.165) is 44.2 Å². The summed E-state index contributed by atoms with van der Waals surface area (Å²) in [6.45, 7) is 0.622. The molecule has 3 heterocycles. The molecule has 1 atom stereocenters. The molecule has 0 amide bonds. The first-order chi connectivity index (χ1) is 27.7. The zero-order valence-electron chi connectivity index (χ0n) is 31.5. The summed E-state index contributed by atoms with van der Waals surface area (Å²) in [5, 5.41) is 10.4. The van der Waals surface area contributed by atoms with Gasteiger partial charge in [0.2, 0.25) is 0 Å². The van der Waals surface area contributed by atoms with Gasteiger partial charge < -0.3 is 14.5 Å². The molecule has 0 spiro atoms. The minimum Gasteiger partial charge on any atom is -0.372 e. The number of aromatic nitrogens is 2. The Hall–Kier alpha value is -6.36. The molecule has 0 bridgehead atoms. The second kappa shape index (κ2) is 13.4. The van der Waals surface area contributed by atoms with Gasteiger partial charge in [0.05, 0.1) is 23.2 Å². The summed E-state index contributed by atoms with van der Waals surface area (Å²) in [5.41, 5.74) is 17.2. The highest BCUT2D eigenvalue weighted by Gasteiger charge is 2.36. The lowest BCUT2D eigenvalue weighted by atomic mass is 9.80. The molecule has 0 saturated carbocycles. The van der Waals surface area contributed by atoms with E-state index < -0.39 is 5.54 Å². The van der Waals surface area contributed by atoms with E-state index in [4.69, 9.17) is 0 Å². The van der Waals surface area contributed by atoms with Gasteiger partial charge in [0, 0.05) is 50.4 Å². The average Bonchev–Trinajstić information content (AvgIpc) is 3.80. The molecule has 3 aliphatic carbocycles. The molecule has 0 saturated heterocycles. The van der Waals surface area contributed by atoms with Crippen molar-refractivity contribution in [3.05, 3.63) is 203 Å². The molecule has 2 aromatic heterocycles. The van der Waals surface area contributed by atoms with Crippen molar-refractivity contribution in [1.29, 1.82) is 0 Å². The predicted molar refractivity (Wildman–Crippen MR) is 234 cm³/mol. The van der Waals surface area contributed by atoms with E-state index in [9.17, 15) is 0 Å². The zero-order chi connectivity index (χ0) is 37.1. The summed E-state index contributed by atoms with van der Waals surface area (Å²) in [5.74, 6) is 0. The van der Waals surface area contributed by atoms with Crippen molar-refractivity contribution in [2.45, 2.75) is 44.1 Å². The average molecular weight is 725 g/mol. The first-order valence-electron chi connectivity index (χ1n) is 20.2. The third-order valence-corrected chi connectivity index (χ3v) is 12.4. The highest BCUT2D eigenvalue weighted by molar-refractivity contribution is 5.95. The van der Waals surface area contributed by atoms with Gasteiger partial charge in [-0.15, -0.1) is 0 Å². The van der Waals surface area contributed by atoms with Crippen LogP contribution in [0.3, 0.4) is 0 Å². The smallest absolute Gasteiger partial charge is 0.0915 e. The van der Waals surface area contributed by atoms with Crippen molar-refractivity contribution < 1.29 is 0 Å². The maximum absolute atomic E-state index is 4.03. The molecule has 2 N–H and O–H groups in total. The van der Waals surface area contributed by atoms with Crippen molar-refractivity contribution in [1.82, 2.24) is 19.8 Å². The lowest BCUT2D eigenvalue weighted by Gasteiger charge is -2.39. The Bertz CT molecular complexity index is 2700. The summed E-state index contributed by atoms with van der Waals surface area (Å²) in [6, 6.07) is 45.4. The first kappa shape index (κ1) is 33.0. The SMILES string of the molecule is C1=CCCC(c2ccc(C3=CC(c4ccccc4)(c4cc(-n5c6c(c7ccccc75)C=CCC6)cc(-n5c6c(c7ccccc75)C=CCC6)c4)NCN3)cc2)=C1. The van der Waals surface area contributed by atoms with Gasteiger partial charge in [-0.3, -0.25) is 5.32 Å². The van der Waals surface area contributed by atoms with E-state index in [-0.39, 0.29) is 0 Å². The number of para-hydroxylation sites is 2. The Kier molecular flexibility index (Phi) is 7.92. The molecule has 4 aliphatic rings. The summed E-state index contributed by atoms with van der Waals surface area (Å²) in [6.07, 6.45) is 24.7. The molecule has 11 rings (SSSR count). The van der Waals surface area contributed by atoms with Crippen LogP contribution in [0.25, 0.3) is 56.6 Å².